The highest BCUT2D eigenvalue weighted by atomic mass is 32.1. The fourth-order valence-electron chi connectivity index (χ4n) is 3.33. The number of methoxy groups -OCH3 is 1. The van der Waals surface area contributed by atoms with Crippen LogP contribution in [0.4, 0.5) is 0 Å². The van der Waals surface area contributed by atoms with E-state index in [1.165, 1.54) is 11.3 Å². The Morgan fingerprint density at radius 2 is 1.79 bits per heavy atom. The standard InChI is InChI=1S/C24H27NO3S/c1-17(2)28-19-12-10-18(11-13-19)20(21-7-4-5-8-22(21)27-3)14-15-25-24(26)23-9-6-16-29-23/h4-13,16-17,20H,14-15H2,1-3H3,(H,25,26)/t20-/m1/s1. The maximum atomic E-state index is 12.3. The zero-order valence-corrected chi connectivity index (χ0v) is 17.9. The predicted octanol–water partition coefficient (Wildman–Crippen LogP) is 5.50. The first-order valence-corrected chi connectivity index (χ1v) is 10.7. The molecule has 0 aliphatic carbocycles. The molecule has 2 aromatic carbocycles. The average Bonchev–Trinajstić information content (AvgIpc) is 3.26. The Balaban J connectivity index is 1.79. The summed E-state index contributed by atoms with van der Waals surface area (Å²) in [7, 11) is 1.69. The third-order valence-corrected chi connectivity index (χ3v) is 5.50. The fraction of sp³-hybridized carbons (Fsp3) is 0.292. The van der Waals surface area contributed by atoms with Crippen molar-refractivity contribution in [2.45, 2.75) is 32.3 Å². The van der Waals surface area contributed by atoms with E-state index in [4.69, 9.17) is 9.47 Å². The molecule has 1 atom stereocenters. The van der Waals surface area contributed by atoms with Crippen molar-refractivity contribution in [1.29, 1.82) is 0 Å². The van der Waals surface area contributed by atoms with Gasteiger partial charge in [0.25, 0.3) is 5.91 Å². The van der Waals surface area contributed by atoms with Crippen LogP contribution < -0.4 is 14.8 Å². The lowest BCUT2D eigenvalue weighted by molar-refractivity contribution is 0.0957. The van der Waals surface area contributed by atoms with Crippen molar-refractivity contribution in [3.05, 3.63) is 82.0 Å². The van der Waals surface area contributed by atoms with Crippen LogP contribution in [0.2, 0.25) is 0 Å². The van der Waals surface area contributed by atoms with Gasteiger partial charge in [-0.05, 0) is 55.5 Å². The maximum Gasteiger partial charge on any atom is 0.261 e. The van der Waals surface area contributed by atoms with Gasteiger partial charge in [0.15, 0.2) is 0 Å². The predicted molar refractivity (Wildman–Crippen MR) is 118 cm³/mol. The van der Waals surface area contributed by atoms with Gasteiger partial charge in [0.2, 0.25) is 0 Å². The van der Waals surface area contributed by atoms with Crippen LogP contribution in [0.5, 0.6) is 11.5 Å². The molecule has 0 saturated heterocycles. The molecule has 0 radical (unpaired) electrons. The lowest BCUT2D eigenvalue weighted by Crippen LogP contribution is -2.25. The quantitative estimate of drug-likeness (QED) is 0.508. The highest BCUT2D eigenvalue weighted by Gasteiger charge is 2.19. The minimum atomic E-state index is -0.0283. The number of amides is 1. The third kappa shape index (κ3) is 5.61. The second-order valence-electron chi connectivity index (χ2n) is 7.05. The summed E-state index contributed by atoms with van der Waals surface area (Å²) in [4.78, 5) is 13.0. The second kappa shape index (κ2) is 10.1. The number of rotatable bonds is 9. The molecule has 29 heavy (non-hydrogen) atoms. The van der Waals surface area contributed by atoms with E-state index in [9.17, 15) is 4.79 Å². The zero-order valence-electron chi connectivity index (χ0n) is 17.1. The highest BCUT2D eigenvalue weighted by molar-refractivity contribution is 7.12. The molecular formula is C24H27NO3S. The summed E-state index contributed by atoms with van der Waals surface area (Å²) < 4.78 is 11.4. The van der Waals surface area contributed by atoms with E-state index in [1.807, 2.05) is 61.7 Å². The molecule has 0 aliphatic rings. The number of nitrogens with one attached hydrogen (secondary N) is 1. The Morgan fingerprint density at radius 3 is 2.45 bits per heavy atom. The van der Waals surface area contributed by atoms with Gasteiger partial charge in [0, 0.05) is 18.0 Å². The van der Waals surface area contributed by atoms with Crippen molar-refractivity contribution < 1.29 is 14.3 Å². The van der Waals surface area contributed by atoms with E-state index in [0.717, 1.165) is 33.9 Å². The summed E-state index contributed by atoms with van der Waals surface area (Å²) in [5.41, 5.74) is 2.27. The highest BCUT2D eigenvalue weighted by Crippen LogP contribution is 2.35. The average molecular weight is 410 g/mol. The lowest BCUT2D eigenvalue weighted by atomic mass is 9.88. The van der Waals surface area contributed by atoms with Gasteiger partial charge in [-0.1, -0.05) is 36.4 Å². The molecule has 1 N–H and O–H groups in total. The number of ether oxygens (including phenoxy) is 2. The lowest BCUT2D eigenvalue weighted by Gasteiger charge is -2.21. The first-order valence-electron chi connectivity index (χ1n) is 9.79. The molecule has 1 aromatic heterocycles. The van der Waals surface area contributed by atoms with Crippen LogP contribution in [0.25, 0.3) is 0 Å². The fourth-order valence-corrected chi connectivity index (χ4v) is 3.97. The van der Waals surface area contributed by atoms with E-state index < -0.39 is 0 Å². The van der Waals surface area contributed by atoms with E-state index in [1.54, 1.807) is 7.11 Å². The summed E-state index contributed by atoms with van der Waals surface area (Å²) in [6, 6.07) is 20.0. The zero-order chi connectivity index (χ0) is 20.6. The number of hydrogen-bond acceptors (Lipinski definition) is 4. The molecule has 1 amide bonds. The van der Waals surface area contributed by atoms with Gasteiger partial charge >= 0.3 is 0 Å². The van der Waals surface area contributed by atoms with Gasteiger partial charge in [0.05, 0.1) is 18.1 Å². The van der Waals surface area contributed by atoms with E-state index in [2.05, 4.69) is 23.5 Å². The number of carbonyl (C=O) groups excluding carboxylic acids is 1. The number of hydrogen-bond donors (Lipinski definition) is 1. The van der Waals surface area contributed by atoms with E-state index in [-0.39, 0.29) is 17.9 Å². The van der Waals surface area contributed by atoms with Crippen LogP contribution in [0, 0.1) is 0 Å². The minimum absolute atomic E-state index is 0.0283. The minimum Gasteiger partial charge on any atom is -0.496 e. The maximum absolute atomic E-state index is 12.3. The Kier molecular flexibility index (Phi) is 7.30. The molecule has 0 spiro atoms. The van der Waals surface area contributed by atoms with Gasteiger partial charge in [-0.3, -0.25) is 4.79 Å². The number of carbonyl (C=O) groups is 1. The largest absolute Gasteiger partial charge is 0.496 e. The second-order valence-corrected chi connectivity index (χ2v) is 8.00. The molecule has 0 saturated carbocycles. The van der Waals surface area contributed by atoms with Crippen LogP contribution in [-0.2, 0) is 0 Å². The van der Waals surface area contributed by atoms with Crippen molar-refractivity contribution >= 4 is 17.2 Å². The Labute approximate surface area is 176 Å². The van der Waals surface area contributed by atoms with Gasteiger partial charge < -0.3 is 14.8 Å². The van der Waals surface area contributed by atoms with E-state index in [0.29, 0.717) is 6.54 Å². The summed E-state index contributed by atoms with van der Waals surface area (Å²) in [5.74, 6) is 1.78. The van der Waals surface area contributed by atoms with Crippen LogP contribution in [-0.4, -0.2) is 25.7 Å². The molecule has 3 rings (SSSR count). The molecule has 0 fully saturated rings. The molecule has 5 heteroatoms. The molecule has 1 heterocycles. The van der Waals surface area contributed by atoms with Crippen LogP contribution in [0.1, 0.15) is 47.0 Å². The van der Waals surface area contributed by atoms with E-state index >= 15 is 0 Å². The Morgan fingerprint density at radius 1 is 1.03 bits per heavy atom. The van der Waals surface area contributed by atoms with Gasteiger partial charge in [-0.2, -0.15) is 0 Å². The van der Waals surface area contributed by atoms with Crippen molar-refractivity contribution in [2.24, 2.45) is 0 Å². The summed E-state index contributed by atoms with van der Waals surface area (Å²) in [5, 5.41) is 4.95. The first kappa shape index (κ1) is 20.9. The monoisotopic (exact) mass is 409 g/mol. The SMILES string of the molecule is COc1ccccc1[C@H](CCNC(=O)c1cccs1)c1ccc(OC(C)C)cc1. The molecule has 4 nitrogen and oxygen atoms in total. The topological polar surface area (TPSA) is 47.6 Å². The van der Waals surface area contributed by atoms with Crippen LogP contribution in [0.3, 0.4) is 0 Å². The third-order valence-electron chi connectivity index (χ3n) is 4.63. The molecule has 152 valence electrons. The Bertz CT molecular complexity index is 904. The van der Waals surface area contributed by atoms with Crippen LogP contribution in [0.15, 0.2) is 66.0 Å². The summed E-state index contributed by atoms with van der Waals surface area (Å²) in [6.45, 7) is 4.60. The van der Waals surface area contributed by atoms with Crippen molar-refractivity contribution in [2.75, 3.05) is 13.7 Å². The van der Waals surface area contributed by atoms with Crippen LogP contribution >= 0.6 is 11.3 Å². The molecule has 0 unspecified atom stereocenters. The van der Waals surface area contributed by atoms with Crippen molar-refractivity contribution in [3.8, 4) is 11.5 Å². The number of benzene rings is 2. The molecule has 0 bridgehead atoms. The normalized spacial score (nSPS) is 11.9. The van der Waals surface area contributed by atoms with Gasteiger partial charge in [-0.25, -0.2) is 0 Å². The summed E-state index contributed by atoms with van der Waals surface area (Å²) in [6.07, 6.45) is 0.903. The number of para-hydroxylation sites is 1. The smallest absolute Gasteiger partial charge is 0.261 e. The molecule has 0 aliphatic heterocycles. The summed E-state index contributed by atoms with van der Waals surface area (Å²) >= 11 is 1.45. The Hall–Kier alpha value is -2.79. The molecule has 3 aromatic rings. The van der Waals surface area contributed by atoms with Crippen molar-refractivity contribution in [1.82, 2.24) is 5.32 Å². The number of thiophene rings is 1. The molecular weight excluding hydrogens is 382 g/mol. The first-order chi connectivity index (χ1) is 14.1. The van der Waals surface area contributed by atoms with Gasteiger partial charge in [0.1, 0.15) is 11.5 Å². The van der Waals surface area contributed by atoms with Gasteiger partial charge in [-0.15, -0.1) is 11.3 Å². The van der Waals surface area contributed by atoms with Crippen molar-refractivity contribution in [3.63, 3.8) is 0 Å².